The normalized spacial score (nSPS) is 11.4. The van der Waals surface area contributed by atoms with Crippen molar-refractivity contribution in [2.75, 3.05) is 0 Å². The van der Waals surface area contributed by atoms with Crippen LogP contribution in [-0.4, -0.2) is 28.9 Å². The Morgan fingerprint density at radius 2 is 1.46 bits per heavy atom. The minimum atomic E-state index is -1.01. The van der Waals surface area contributed by atoms with Crippen molar-refractivity contribution in [2.45, 2.75) is 31.8 Å². The van der Waals surface area contributed by atoms with Crippen molar-refractivity contribution in [2.24, 2.45) is 0 Å². The lowest BCUT2D eigenvalue weighted by Crippen LogP contribution is -2.47. The fraction of sp³-hybridized carbons (Fsp3) is 0.250. The molecule has 0 saturated heterocycles. The number of aliphatic carboxylic acids is 1. The third kappa shape index (κ3) is 6.76. The molecule has 0 aliphatic heterocycles. The summed E-state index contributed by atoms with van der Waals surface area (Å²) in [6.45, 7) is 0.317. The van der Waals surface area contributed by atoms with Gasteiger partial charge in [-0.1, -0.05) is 60.7 Å². The van der Waals surface area contributed by atoms with Crippen LogP contribution in [0, 0.1) is 0 Å². The molecule has 0 aliphatic carbocycles. The largest absolute Gasteiger partial charge is 0.481 e. The number of carboxylic acid groups (broad SMARTS) is 1. The van der Waals surface area contributed by atoms with Crippen LogP contribution in [0.2, 0.25) is 0 Å². The fourth-order valence-corrected chi connectivity index (χ4v) is 2.47. The van der Waals surface area contributed by atoms with Gasteiger partial charge in [0.25, 0.3) is 0 Å². The first-order valence-electron chi connectivity index (χ1n) is 8.41. The Labute approximate surface area is 152 Å². The highest BCUT2D eigenvalue weighted by atomic mass is 16.4. The smallest absolute Gasteiger partial charge is 0.303 e. The summed E-state index contributed by atoms with van der Waals surface area (Å²) in [5, 5.41) is 14.3. The SMILES string of the molecule is O=C(O)CC[C@H](NC(=O)Cc1ccccc1)C(=O)NCc1ccccc1. The van der Waals surface area contributed by atoms with E-state index in [0.717, 1.165) is 11.1 Å². The van der Waals surface area contributed by atoms with E-state index in [1.165, 1.54) is 0 Å². The molecule has 0 heterocycles. The van der Waals surface area contributed by atoms with Crippen LogP contribution < -0.4 is 10.6 Å². The van der Waals surface area contributed by atoms with E-state index in [2.05, 4.69) is 10.6 Å². The minimum Gasteiger partial charge on any atom is -0.481 e. The van der Waals surface area contributed by atoms with Gasteiger partial charge in [0.2, 0.25) is 11.8 Å². The third-order valence-electron chi connectivity index (χ3n) is 3.82. The molecular formula is C20H22N2O4. The van der Waals surface area contributed by atoms with Crippen LogP contribution in [0.3, 0.4) is 0 Å². The van der Waals surface area contributed by atoms with Gasteiger partial charge < -0.3 is 15.7 Å². The molecule has 1 atom stereocenters. The maximum Gasteiger partial charge on any atom is 0.303 e. The number of rotatable bonds is 9. The van der Waals surface area contributed by atoms with Gasteiger partial charge in [-0.3, -0.25) is 14.4 Å². The Morgan fingerprint density at radius 3 is 2.04 bits per heavy atom. The molecule has 0 saturated carbocycles. The number of benzene rings is 2. The summed E-state index contributed by atoms with van der Waals surface area (Å²) in [5.74, 6) is -1.72. The highest BCUT2D eigenvalue weighted by Gasteiger charge is 2.21. The molecule has 2 amide bonds. The number of amides is 2. The Balaban J connectivity index is 1.93. The Morgan fingerprint density at radius 1 is 0.885 bits per heavy atom. The average Bonchev–Trinajstić information content (AvgIpc) is 2.64. The molecular weight excluding hydrogens is 332 g/mol. The highest BCUT2D eigenvalue weighted by Crippen LogP contribution is 2.04. The van der Waals surface area contributed by atoms with Crippen LogP contribution in [0.4, 0.5) is 0 Å². The molecule has 2 aromatic carbocycles. The number of nitrogens with one attached hydrogen (secondary N) is 2. The second-order valence-corrected chi connectivity index (χ2v) is 5.92. The predicted octanol–water partition coefficient (Wildman–Crippen LogP) is 1.90. The van der Waals surface area contributed by atoms with E-state index in [0.29, 0.717) is 6.54 Å². The van der Waals surface area contributed by atoms with Gasteiger partial charge in [0.05, 0.1) is 6.42 Å². The van der Waals surface area contributed by atoms with Gasteiger partial charge in [-0.25, -0.2) is 0 Å². The topological polar surface area (TPSA) is 95.5 Å². The lowest BCUT2D eigenvalue weighted by Gasteiger charge is -2.18. The molecule has 26 heavy (non-hydrogen) atoms. The Bertz CT molecular complexity index is 732. The van der Waals surface area contributed by atoms with Gasteiger partial charge in [-0.15, -0.1) is 0 Å². The number of hydrogen-bond donors (Lipinski definition) is 3. The maximum absolute atomic E-state index is 12.4. The molecule has 0 radical (unpaired) electrons. The van der Waals surface area contributed by atoms with Crippen LogP contribution in [-0.2, 0) is 27.3 Å². The maximum atomic E-state index is 12.4. The Kier molecular flexibility index (Phi) is 7.36. The van der Waals surface area contributed by atoms with E-state index in [9.17, 15) is 14.4 Å². The summed E-state index contributed by atoms with van der Waals surface area (Å²) in [5.41, 5.74) is 1.75. The predicted molar refractivity (Wildman–Crippen MR) is 97.2 cm³/mol. The van der Waals surface area contributed by atoms with E-state index in [4.69, 9.17) is 5.11 Å². The van der Waals surface area contributed by atoms with Crippen molar-refractivity contribution in [3.8, 4) is 0 Å². The summed E-state index contributed by atoms with van der Waals surface area (Å²) in [4.78, 5) is 35.4. The van der Waals surface area contributed by atoms with Crippen molar-refractivity contribution in [3.05, 3.63) is 71.8 Å². The van der Waals surface area contributed by atoms with Crippen molar-refractivity contribution < 1.29 is 19.5 Å². The van der Waals surface area contributed by atoms with Crippen LogP contribution in [0.15, 0.2) is 60.7 Å². The van der Waals surface area contributed by atoms with Gasteiger partial charge in [-0.2, -0.15) is 0 Å². The summed E-state index contributed by atoms with van der Waals surface area (Å²) in [6.07, 6.45) is -0.0259. The first-order chi connectivity index (χ1) is 12.5. The quantitative estimate of drug-likeness (QED) is 0.641. The Hall–Kier alpha value is -3.15. The molecule has 2 aromatic rings. The minimum absolute atomic E-state index is 0.0382. The second-order valence-electron chi connectivity index (χ2n) is 5.92. The van der Waals surface area contributed by atoms with Crippen LogP contribution in [0.25, 0.3) is 0 Å². The van der Waals surface area contributed by atoms with Gasteiger partial charge in [0, 0.05) is 13.0 Å². The van der Waals surface area contributed by atoms with E-state index in [1.807, 2.05) is 60.7 Å². The van der Waals surface area contributed by atoms with Crippen molar-refractivity contribution in [1.82, 2.24) is 10.6 Å². The zero-order chi connectivity index (χ0) is 18.8. The number of hydrogen-bond acceptors (Lipinski definition) is 3. The van der Waals surface area contributed by atoms with Crippen LogP contribution in [0.1, 0.15) is 24.0 Å². The first kappa shape index (κ1) is 19.2. The van der Waals surface area contributed by atoms with Gasteiger partial charge in [-0.05, 0) is 17.5 Å². The van der Waals surface area contributed by atoms with Crippen molar-refractivity contribution in [1.29, 1.82) is 0 Å². The second kappa shape index (κ2) is 9.98. The molecule has 0 bridgehead atoms. The lowest BCUT2D eigenvalue weighted by molar-refractivity contribution is -0.138. The monoisotopic (exact) mass is 354 g/mol. The molecule has 0 aromatic heterocycles. The van der Waals surface area contributed by atoms with E-state index in [1.54, 1.807) is 0 Å². The summed E-state index contributed by atoms with van der Waals surface area (Å²) in [7, 11) is 0. The van der Waals surface area contributed by atoms with Crippen molar-refractivity contribution in [3.63, 3.8) is 0 Å². The molecule has 0 aliphatic rings. The molecule has 3 N–H and O–H groups in total. The number of carbonyl (C=O) groups excluding carboxylic acids is 2. The number of carbonyl (C=O) groups is 3. The summed E-state index contributed by atoms with van der Waals surface area (Å²) in [6, 6.07) is 17.6. The van der Waals surface area contributed by atoms with Crippen molar-refractivity contribution >= 4 is 17.8 Å². The van der Waals surface area contributed by atoms with Gasteiger partial charge in [0.1, 0.15) is 6.04 Å². The molecule has 0 fully saturated rings. The lowest BCUT2D eigenvalue weighted by atomic mass is 10.1. The molecule has 6 nitrogen and oxygen atoms in total. The molecule has 136 valence electrons. The summed E-state index contributed by atoms with van der Waals surface area (Å²) >= 11 is 0. The molecule has 6 heteroatoms. The van der Waals surface area contributed by atoms with Gasteiger partial charge >= 0.3 is 5.97 Å². The fourth-order valence-electron chi connectivity index (χ4n) is 2.47. The highest BCUT2D eigenvalue weighted by molar-refractivity contribution is 5.88. The molecule has 0 spiro atoms. The first-order valence-corrected chi connectivity index (χ1v) is 8.41. The van der Waals surface area contributed by atoms with E-state index in [-0.39, 0.29) is 25.2 Å². The molecule has 2 rings (SSSR count). The zero-order valence-corrected chi connectivity index (χ0v) is 14.4. The number of carboxylic acids is 1. The average molecular weight is 354 g/mol. The third-order valence-corrected chi connectivity index (χ3v) is 3.82. The van der Waals surface area contributed by atoms with E-state index >= 15 is 0 Å². The van der Waals surface area contributed by atoms with Crippen LogP contribution >= 0.6 is 0 Å². The molecule has 0 unspecified atom stereocenters. The van der Waals surface area contributed by atoms with Gasteiger partial charge in [0.15, 0.2) is 0 Å². The zero-order valence-electron chi connectivity index (χ0n) is 14.4. The standard InChI is InChI=1S/C20H22N2O4/c23-18(13-15-7-3-1-4-8-15)22-17(11-12-19(24)25)20(26)21-14-16-9-5-2-6-10-16/h1-10,17H,11-14H2,(H,21,26)(H,22,23)(H,24,25)/t17-/m0/s1. The van der Waals surface area contributed by atoms with Crippen LogP contribution in [0.5, 0.6) is 0 Å². The van der Waals surface area contributed by atoms with E-state index < -0.39 is 17.9 Å². The summed E-state index contributed by atoms with van der Waals surface area (Å²) < 4.78 is 0.